The number of rotatable bonds is 5. The number of benzene rings is 3. The van der Waals surface area contributed by atoms with Gasteiger partial charge in [-0.2, -0.15) is 5.10 Å². The van der Waals surface area contributed by atoms with E-state index in [0.29, 0.717) is 5.92 Å². The number of nitrogens with zero attached hydrogens (tertiary/aromatic N) is 2. The van der Waals surface area contributed by atoms with Crippen molar-refractivity contribution < 1.29 is 4.74 Å². The van der Waals surface area contributed by atoms with Crippen LogP contribution in [0.4, 0.5) is 5.69 Å². The molecular weight excluding hydrogens is 332 g/mol. The van der Waals surface area contributed by atoms with E-state index in [1.54, 1.807) is 7.11 Å². The zero-order valence-corrected chi connectivity index (χ0v) is 15.7. The van der Waals surface area contributed by atoms with Crippen LogP contribution >= 0.6 is 0 Å². The molecule has 1 heterocycles. The predicted molar refractivity (Wildman–Crippen MR) is 111 cm³/mol. The predicted octanol–water partition coefficient (Wildman–Crippen LogP) is 5.69. The van der Waals surface area contributed by atoms with Gasteiger partial charge in [0.05, 0.1) is 24.6 Å². The highest BCUT2D eigenvalue weighted by Crippen LogP contribution is 2.42. The normalized spacial score (nSPS) is 19.0. The number of anilines is 1. The summed E-state index contributed by atoms with van der Waals surface area (Å²) in [5.41, 5.74) is 4.70. The molecule has 0 N–H and O–H groups in total. The van der Waals surface area contributed by atoms with Gasteiger partial charge in [-0.05, 0) is 53.9 Å². The van der Waals surface area contributed by atoms with Crippen molar-refractivity contribution in [2.45, 2.75) is 19.4 Å². The molecule has 1 aliphatic heterocycles. The summed E-state index contributed by atoms with van der Waals surface area (Å²) in [6.45, 7) is 2.24. The van der Waals surface area contributed by atoms with Crippen LogP contribution in [-0.4, -0.2) is 12.8 Å². The number of ether oxygens (including phenoxy) is 1. The molecule has 0 unspecified atom stereocenters. The molecule has 0 bridgehead atoms. The van der Waals surface area contributed by atoms with Crippen molar-refractivity contribution in [2.75, 3.05) is 12.1 Å². The summed E-state index contributed by atoms with van der Waals surface area (Å²) in [6, 6.07) is 29.5. The van der Waals surface area contributed by atoms with Crippen molar-refractivity contribution in [3.8, 4) is 5.75 Å². The molecule has 0 saturated heterocycles. The van der Waals surface area contributed by atoms with Gasteiger partial charge in [0.1, 0.15) is 5.75 Å². The molecule has 0 fully saturated rings. The highest BCUT2D eigenvalue weighted by molar-refractivity contribution is 6.05. The number of hydrogen-bond acceptors (Lipinski definition) is 3. The fraction of sp³-hybridized carbons (Fsp3) is 0.208. The quantitative estimate of drug-likeness (QED) is 0.587. The minimum atomic E-state index is 0.190. The van der Waals surface area contributed by atoms with Crippen molar-refractivity contribution in [2.24, 2.45) is 11.0 Å². The Balaban J connectivity index is 1.80. The third kappa shape index (κ3) is 3.33. The molecule has 0 aromatic heterocycles. The van der Waals surface area contributed by atoms with E-state index in [4.69, 9.17) is 9.84 Å². The summed E-state index contributed by atoms with van der Waals surface area (Å²) < 4.78 is 5.32. The molecule has 0 radical (unpaired) electrons. The van der Waals surface area contributed by atoms with Crippen molar-refractivity contribution in [3.63, 3.8) is 0 Å². The fourth-order valence-corrected chi connectivity index (χ4v) is 3.85. The molecule has 136 valence electrons. The number of hydrogen-bond donors (Lipinski definition) is 0. The maximum atomic E-state index is 5.32. The van der Waals surface area contributed by atoms with Gasteiger partial charge in [0.25, 0.3) is 0 Å². The van der Waals surface area contributed by atoms with Crippen LogP contribution in [0.15, 0.2) is 90.0 Å². The summed E-state index contributed by atoms with van der Waals surface area (Å²) >= 11 is 0. The summed E-state index contributed by atoms with van der Waals surface area (Å²) in [7, 11) is 1.69. The second kappa shape index (κ2) is 7.67. The van der Waals surface area contributed by atoms with Crippen LogP contribution in [0.5, 0.6) is 5.75 Å². The first-order valence-electron chi connectivity index (χ1n) is 9.44. The third-order valence-electron chi connectivity index (χ3n) is 5.20. The van der Waals surface area contributed by atoms with Crippen LogP contribution in [-0.2, 0) is 0 Å². The Bertz CT molecular complexity index is 904. The molecule has 0 saturated carbocycles. The van der Waals surface area contributed by atoms with Crippen molar-refractivity contribution >= 4 is 11.4 Å². The topological polar surface area (TPSA) is 24.8 Å². The second-order valence-corrected chi connectivity index (χ2v) is 6.76. The van der Waals surface area contributed by atoms with Gasteiger partial charge < -0.3 is 4.74 Å². The lowest BCUT2D eigenvalue weighted by Gasteiger charge is -2.28. The van der Waals surface area contributed by atoms with E-state index in [2.05, 4.69) is 78.7 Å². The van der Waals surface area contributed by atoms with E-state index in [-0.39, 0.29) is 6.04 Å². The Morgan fingerprint density at radius 1 is 0.852 bits per heavy atom. The summed E-state index contributed by atoms with van der Waals surface area (Å²) in [5, 5.41) is 7.29. The average Bonchev–Trinajstić information content (AvgIpc) is 3.14. The molecule has 0 amide bonds. The SMILES string of the molecule is CC[C@@H]1C(c2ccc(OC)cc2)=NN(c2ccccc2)[C@H]1c1ccccc1. The minimum absolute atomic E-state index is 0.190. The van der Waals surface area contributed by atoms with Crippen LogP contribution < -0.4 is 9.75 Å². The second-order valence-electron chi connectivity index (χ2n) is 6.76. The molecule has 3 heteroatoms. The Hall–Kier alpha value is -3.07. The number of methoxy groups -OCH3 is 1. The van der Waals surface area contributed by atoms with E-state index in [9.17, 15) is 0 Å². The lowest BCUT2D eigenvalue weighted by atomic mass is 9.85. The van der Waals surface area contributed by atoms with Crippen LogP contribution in [0.2, 0.25) is 0 Å². The van der Waals surface area contributed by atoms with Gasteiger partial charge in [-0.15, -0.1) is 0 Å². The molecule has 27 heavy (non-hydrogen) atoms. The van der Waals surface area contributed by atoms with Crippen LogP contribution in [0.3, 0.4) is 0 Å². The summed E-state index contributed by atoms with van der Waals surface area (Å²) in [4.78, 5) is 0. The van der Waals surface area contributed by atoms with Gasteiger partial charge in [0.15, 0.2) is 0 Å². The zero-order chi connectivity index (χ0) is 18.6. The standard InChI is InChI=1S/C24H24N2O/c1-3-22-23(18-14-16-21(27-2)17-15-18)25-26(20-12-8-5-9-13-20)24(22)19-10-6-4-7-11-19/h4-17,22,24H,3H2,1-2H3/t22-,24+/m1/s1. The van der Waals surface area contributed by atoms with E-state index in [0.717, 1.165) is 29.1 Å². The summed E-state index contributed by atoms with van der Waals surface area (Å²) in [6.07, 6.45) is 1.02. The number of para-hydroxylation sites is 1. The molecule has 0 spiro atoms. The Kier molecular flexibility index (Phi) is 4.93. The zero-order valence-electron chi connectivity index (χ0n) is 15.7. The van der Waals surface area contributed by atoms with Crippen LogP contribution in [0.25, 0.3) is 0 Å². The largest absolute Gasteiger partial charge is 0.497 e. The highest BCUT2D eigenvalue weighted by atomic mass is 16.5. The molecule has 4 rings (SSSR count). The number of hydrazone groups is 1. The van der Waals surface area contributed by atoms with E-state index < -0.39 is 0 Å². The van der Waals surface area contributed by atoms with E-state index in [1.165, 1.54) is 5.56 Å². The minimum Gasteiger partial charge on any atom is -0.497 e. The monoisotopic (exact) mass is 356 g/mol. The molecular formula is C24H24N2O. The van der Waals surface area contributed by atoms with Crippen molar-refractivity contribution in [1.29, 1.82) is 0 Å². The molecule has 3 aromatic rings. The van der Waals surface area contributed by atoms with Crippen LogP contribution in [0, 0.1) is 5.92 Å². The molecule has 1 aliphatic rings. The fourth-order valence-electron chi connectivity index (χ4n) is 3.85. The van der Waals surface area contributed by atoms with Gasteiger partial charge >= 0.3 is 0 Å². The molecule has 0 aliphatic carbocycles. The summed E-state index contributed by atoms with van der Waals surface area (Å²) in [5.74, 6) is 1.19. The maximum Gasteiger partial charge on any atom is 0.118 e. The molecule has 3 aromatic carbocycles. The lowest BCUT2D eigenvalue weighted by Crippen LogP contribution is -2.25. The Morgan fingerprint density at radius 3 is 2.07 bits per heavy atom. The van der Waals surface area contributed by atoms with Gasteiger partial charge in [-0.25, -0.2) is 0 Å². The lowest BCUT2D eigenvalue weighted by molar-refractivity contribution is 0.415. The smallest absolute Gasteiger partial charge is 0.118 e. The van der Waals surface area contributed by atoms with Gasteiger partial charge in [-0.3, -0.25) is 5.01 Å². The van der Waals surface area contributed by atoms with Gasteiger partial charge in [-0.1, -0.05) is 55.5 Å². The average molecular weight is 356 g/mol. The Morgan fingerprint density at radius 2 is 1.48 bits per heavy atom. The van der Waals surface area contributed by atoms with Crippen molar-refractivity contribution in [1.82, 2.24) is 0 Å². The van der Waals surface area contributed by atoms with Gasteiger partial charge in [0.2, 0.25) is 0 Å². The molecule has 3 nitrogen and oxygen atoms in total. The van der Waals surface area contributed by atoms with Crippen LogP contribution in [0.1, 0.15) is 30.5 Å². The first kappa shape index (κ1) is 17.3. The highest BCUT2D eigenvalue weighted by Gasteiger charge is 2.38. The first-order chi connectivity index (χ1) is 13.3. The van der Waals surface area contributed by atoms with E-state index >= 15 is 0 Å². The maximum absolute atomic E-state index is 5.32. The Labute approximate surface area is 160 Å². The first-order valence-corrected chi connectivity index (χ1v) is 9.44. The molecule has 2 atom stereocenters. The van der Waals surface area contributed by atoms with Gasteiger partial charge in [0, 0.05) is 5.92 Å². The third-order valence-corrected chi connectivity index (χ3v) is 5.20. The van der Waals surface area contributed by atoms with E-state index in [1.807, 2.05) is 18.2 Å². The van der Waals surface area contributed by atoms with Crippen molar-refractivity contribution in [3.05, 3.63) is 96.1 Å².